The number of rotatable bonds is 1. The van der Waals surface area contributed by atoms with Crippen LogP contribution in [0.25, 0.3) is 0 Å². The van der Waals surface area contributed by atoms with Gasteiger partial charge in [0.05, 0.1) is 11.6 Å². The molecule has 0 saturated carbocycles. The third-order valence-corrected chi connectivity index (χ3v) is 2.65. The van der Waals surface area contributed by atoms with Gasteiger partial charge in [-0.2, -0.15) is 0 Å². The zero-order chi connectivity index (χ0) is 11.0. The summed E-state index contributed by atoms with van der Waals surface area (Å²) in [6.45, 7) is 0. The predicted molar refractivity (Wildman–Crippen MR) is 52.4 cm³/mol. The number of aliphatic carboxylic acids is 1. The minimum Gasteiger partial charge on any atom is -0.481 e. The number of anilines is 1. The van der Waals surface area contributed by atoms with Crippen molar-refractivity contribution in [2.45, 2.75) is 19.3 Å². The van der Waals surface area contributed by atoms with Crippen LogP contribution >= 0.6 is 0 Å². The molecule has 2 rings (SSSR count). The molecule has 80 valence electrons. The van der Waals surface area contributed by atoms with Gasteiger partial charge in [-0.25, -0.2) is 4.98 Å². The number of nitrogens with zero attached hydrogens (tertiary/aromatic N) is 1. The number of H-pyrrole nitrogens is 1. The van der Waals surface area contributed by atoms with E-state index in [4.69, 9.17) is 10.8 Å². The van der Waals surface area contributed by atoms with Crippen molar-refractivity contribution in [2.75, 3.05) is 5.73 Å². The lowest BCUT2D eigenvalue weighted by molar-refractivity contribution is -0.142. The number of hydrogen-bond acceptors (Lipinski definition) is 4. The van der Waals surface area contributed by atoms with E-state index in [-0.39, 0.29) is 17.9 Å². The summed E-state index contributed by atoms with van der Waals surface area (Å²) >= 11 is 0. The molecule has 1 aromatic heterocycles. The number of carboxylic acids is 1. The maximum atomic E-state index is 11.5. The molecule has 0 saturated heterocycles. The second-order valence-electron chi connectivity index (χ2n) is 3.65. The Morgan fingerprint density at radius 1 is 1.60 bits per heavy atom. The van der Waals surface area contributed by atoms with Crippen LogP contribution in [0.4, 0.5) is 5.95 Å². The minimum absolute atomic E-state index is 0.0903. The highest BCUT2D eigenvalue weighted by Crippen LogP contribution is 2.21. The molecule has 0 amide bonds. The van der Waals surface area contributed by atoms with Crippen molar-refractivity contribution in [1.29, 1.82) is 0 Å². The maximum absolute atomic E-state index is 11.5. The van der Waals surface area contributed by atoms with Crippen molar-refractivity contribution in [2.24, 2.45) is 5.92 Å². The van der Waals surface area contributed by atoms with Crippen LogP contribution in [-0.4, -0.2) is 21.0 Å². The molecule has 0 spiro atoms. The van der Waals surface area contributed by atoms with Gasteiger partial charge in [-0.1, -0.05) is 0 Å². The Labute approximate surface area is 85.1 Å². The summed E-state index contributed by atoms with van der Waals surface area (Å²) in [6, 6.07) is 0. The molecule has 0 unspecified atom stereocenters. The summed E-state index contributed by atoms with van der Waals surface area (Å²) in [5.74, 6) is -1.26. The lowest BCUT2D eigenvalue weighted by atomic mass is 9.87. The molecule has 1 aliphatic rings. The fourth-order valence-corrected chi connectivity index (χ4v) is 1.85. The smallest absolute Gasteiger partial charge is 0.306 e. The van der Waals surface area contributed by atoms with Gasteiger partial charge in [0.15, 0.2) is 0 Å². The van der Waals surface area contributed by atoms with Crippen LogP contribution in [0.5, 0.6) is 0 Å². The Kier molecular flexibility index (Phi) is 2.18. The molecule has 0 fully saturated rings. The molecule has 1 aliphatic carbocycles. The number of carboxylic acid groups (broad SMARTS) is 1. The predicted octanol–water partition coefficient (Wildman–Crippen LogP) is -0.458. The van der Waals surface area contributed by atoms with Crippen molar-refractivity contribution >= 4 is 11.9 Å². The Morgan fingerprint density at radius 2 is 2.33 bits per heavy atom. The molecule has 6 nitrogen and oxygen atoms in total. The number of nitrogen functional groups attached to an aromatic ring is 1. The van der Waals surface area contributed by atoms with Gasteiger partial charge in [0, 0.05) is 5.56 Å². The molecule has 0 aromatic carbocycles. The topological polar surface area (TPSA) is 109 Å². The van der Waals surface area contributed by atoms with E-state index in [0.717, 1.165) is 0 Å². The van der Waals surface area contributed by atoms with Gasteiger partial charge in [-0.3, -0.25) is 14.6 Å². The Morgan fingerprint density at radius 3 is 3.00 bits per heavy atom. The summed E-state index contributed by atoms with van der Waals surface area (Å²) in [6.07, 6.45) is 1.26. The minimum atomic E-state index is -0.864. The first kappa shape index (κ1) is 9.70. The SMILES string of the molecule is Nc1nc2c(c(=O)[nH]1)C[C@@H](C(=O)O)CC2. The molecule has 15 heavy (non-hydrogen) atoms. The van der Waals surface area contributed by atoms with Crippen LogP contribution in [0.3, 0.4) is 0 Å². The van der Waals surface area contributed by atoms with Crippen molar-refractivity contribution in [1.82, 2.24) is 9.97 Å². The van der Waals surface area contributed by atoms with Crippen LogP contribution in [0.15, 0.2) is 4.79 Å². The van der Waals surface area contributed by atoms with Crippen LogP contribution < -0.4 is 11.3 Å². The zero-order valence-electron chi connectivity index (χ0n) is 7.99. The van der Waals surface area contributed by atoms with Crippen LogP contribution in [0.2, 0.25) is 0 Å². The van der Waals surface area contributed by atoms with Crippen molar-refractivity contribution in [3.8, 4) is 0 Å². The zero-order valence-corrected chi connectivity index (χ0v) is 7.99. The van der Waals surface area contributed by atoms with Crippen molar-refractivity contribution < 1.29 is 9.90 Å². The van der Waals surface area contributed by atoms with Crippen LogP contribution in [0.1, 0.15) is 17.7 Å². The molecular formula is C9H11N3O3. The van der Waals surface area contributed by atoms with Crippen molar-refractivity contribution in [3.05, 3.63) is 21.6 Å². The van der Waals surface area contributed by atoms with E-state index in [0.29, 0.717) is 24.1 Å². The van der Waals surface area contributed by atoms with E-state index >= 15 is 0 Å². The number of nitrogens with two attached hydrogens (primary N) is 1. The highest BCUT2D eigenvalue weighted by Gasteiger charge is 2.27. The molecule has 4 N–H and O–H groups in total. The molecule has 0 bridgehead atoms. The van der Waals surface area contributed by atoms with E-state index < -0.39 is 11.9 Å². The largest absolute Gasteiger partial charge is 0.481 e. The maximum Gasteiger partial charge on any atom is 0.306 e. The van der Waals surface area contributed by atoms with E-state index in [1.54, 1.807) is 0 Å². The van der Waals surface area contributed by atoms with E-state index in [2.05, 4.69) is 9.97 Å². The molecule has 0 radical (unpaired) electrons. The third-order valence-electron chi connectivity index (χ3n) is 2.65. The van der Waals surface area contributed by atoms with E-state index in [1.165, 1.54) is 0 Å². The first-order valence-corrected chi connectivity index (χ1v) is 4.68. The molecule has 1 aromatic rings. The second-order valence-corrected chi connectivity index (χ2v) is 3.65. The Hall–Kier alpha value is -1.85. The first-order chi connectivity index (χ1) is 7.08. The fourth-order valence-electron chi connectivity index (χ4n) is 1.85. The number of hydrogen-bond donors (Lipinski definition) is 3. The standard InChI is InChI=1S/C9H11N3O3/c10-9-11-6-2-1-4(8(14)15)3-5(6)7(13)12-9/h4H,1-3H2,(H,14,15)(H3,10,11,12,13)/t4-/m0/s1. The second kappa shape index (κ2) is 3.38. The molecule has 1 heterocycles. The van der Waals surface area contributed by atoms with Gasteiger partial charge in [0.25, 0.3) is 5.56 Å². The third kappa shape index (κ3) is 1.70. The molecule has 0 aliphatic heterocycles. The van der Waals surface area contributed by atoms with Gasteiger partial charge >= 0.3 is 5.97 Å². The van der Waals surface area contributed by atoms with E-state index in [9.17, 15) is 9.59 Å². The van der Waals surface area contributed by atoms with Crippen LogP contribution in [0, 0.1) is 5.92 Å². The quantitative estimate of drug-likeness (QED) is 0.580. The summed E-state index contributed by atoms with van der Waals surface area (Å²) in [5.41, 5.74) is 6.17. The highest BCUT2D eigenvalue weighted by molar-refractivity contribution is 5.70. The lowest BCUT2D eigenvalue weighted by Gasteiger charge is -2.19. The summed E-state index contributed by atoms with van der Waals surface area (Å²) in [5, 5.41) is 8.85. The molecular weight excluding hydrogens is 198 g/mol. The normalized spacial score (nSPS) is 19.6. The van der Waals surface area contributed by atoms with Gasteiger partial charge in [0.1, 0.15) is 0 Å². The number of fused-ring (bicyclic) bond motifs is 1. The number of aromatic nitrogens is 2. The molecule has 6 heteroatoms. The Balaban J connectivity index is 2.42. The van der Waals surface area contributed by atoms with Gasteiger partial charge < -0.3 is 10.8 Å². The number of aromatic amines is 1. The van der Waals surface area contributed by atoms with Crippen molar-refractivity contribution in [3.63, 3.8) is 0 Å². The first-order valence-electron chi connectivity index (χ1n) is 4.68. The monoisotopic (exact) mass is 209 g/mol. The van der Waals surface area contributed by atoms with Gasteiger partial charge in [-0.15, -0.1) is 0 Å². The Bertz CT molecular complexity index is 466. The number of carbonyl (C=O) groups is 1. The fraction of sp³-hybridized carbons (Fsp3) is 0.444. The molecule has 1 atom stereocenters. The summed E-state index contributed by atoms with van der Waals surface area (Å²) in [7, 11) is 0. The average Bonchev–Trinajstić information content (AvgIpc) is 2.16. The van der Waals surface area contributed by atoms with Crippen LogP contribution in [-0.2, 0) is 17.6 Å². The lowest BCUT2D eigenvalue weighted by Crippen LogP contribution is -2.29. The van der Waals surface area contributed by atoms with Gasteiger partial charge in [0.2, 0.25) is 5.95 Å². The average molecular weight is 209 g/mol. The summed E-state index contributed by atoms with van der Waals surface area (Å²) < 4.78 is 0. The highest BCUT2D eigenvalue weighted by atomic mass is 16.4. The van der Waals surface area contributed by atoms with E-state index in [1.807, 2.05) is 0 Å². The number of aryl methyl sites for hydroxylation is 1. The summed E-state index contributed by atoms with van der Waals surface area (Å²) in [4.78, 5) is 28.6. The number of nitrogens with one attached hydrogen (secondary N) is 1. The van der Waals surface area contributed by atoms with Gasteiger partial charge in [-0.05, 0) is 19.3 Å².